The number of alkyl carbamates (subject to hydrolysis) is 1. The van der Waals surface area contributed by atoms with Gasteiger partial charge in [-0.15, -0.1) is 0 Å². The molecule has 1 heterocycles. The molecule has 0 aliphatic heterocycles. The van der Waals surface area contributed by atoms with Gasteiger partial charge < -0.3 is 20.3 Å². The molecule has 0 spiro atoms. The summed E-state index contributed by atoms with van der Waals surface area (Å²) in [6, 6.07) is 6.71. The number of hydrogen-bond donors (Lipinski definition) is 3. The Kier molecular flexibility index (Phi) is 6.81. The molecule has 1 unspecified atom stereocenters. The van der Waals surface area contributed by atoms with Gasteiger partial charge in [0.05, 0.1) is 11.7 Å². The van der Waals surface area contributed by atoms with Crippen LogP contribution in [-0.4, -0.2) is 43.9 Å². The van der Waals surface area contributed by atoms with Crippen molar-refractivity contribution in [2.75, 3.05) is 0 Å². The monoisotopic (exact) mass is 421 g/mol. The van der Waals surface area contributed by atoms with Crippen molar-refractivity contribution >= 4 is 23.7 Å². The fraction of sp³-hybridized carbons (Fsp3) is 0.400. The van der Waals surface area contributed by atoms with Gasteiger partial charge in [0.1, 0.15) is 5.60 Å². The lowest BCUT2D eigenvalue weighted by molar-refractivity contribution is -0.163. The lowest BCUT2D eigenvalue weighted by Gasteiger charge is -2.33. The van der Waals surface area contributed by atoms with Crippen LogP contribution in [0, 0.1) is 0 Å². The van der Waals surface area contributed by atoms with Gasteiger partial charge in [0.25, 0.3) is 0 Å². The van der Waals surface area contributed by atoms with Gasteiger partial charge in [0.15, 0.2) is 0 Å². The third-order valence-corrected chi connectivity index (χ3v) is 4.36. The molecule has 2 rings (SSSR count). The van der Waals surface area contributed by atoms with E-state index in [2.05, 4.69) is 15.3 Å². The average Bonchev–Trinajstić information content (AvgIpc) is 2.64. The number of amides is 1. The topological polar surface area (TPSA) is 122 Å². The molecule has 0 aliphatic rings. The molecule has 156 valence electrons. The smallest absolute Gasteiger partial charge is 0.407 e. The van der Waals surface area contributed by atoms with Crippen LogP contribution >= 0.6 is 11.6 Å². The number of nitrogens with one attached hydrogen (secondary N) is 1. The third kappa shape index (κ3) is 5.42. The van der Waals surface area contributed by atoms with Crippen molar-refractivity contribution in [3.63, 3.8) is 0 Å². The number of aliphatic hydroxyl groups is 1. The molecule has 2 atom stereocenters. The summed E-state index contributed by atoms with van der Waals surface area (Å²) in [5.74, 6) is -1.49. The Morgan fingerprint density at radius 3 is 2.31 bits per heavy atom. The van der Waals surface area contributed by atoms with E-state index in [1.165, 1.54) is 18.3 Å². The van der Waals surface area contributed by atoms with Gasteiger partial charge in [0.2, 0.25) is 10.9 Å². The highest BCUT2D eigenvalue weighted by molar-refractivity contribution is 6.28. The number of aliphatic carboxylic acids is 1. The zero-order valence-corrected chi connectivity index (χ0v) is 17.4. The number of hydrogen-bond acceptors (Lipinski definition) is 6. The molecule has 0 bridgehead atoms. The Balaban J connectivity index is 2.35. The second-order valence-electron chi connectivity index (χ2n) is 7.47. The highest BCUT2D eigenvalue weighted by atomic mass is 35.5. The van der Waals surface area contributed by atoms with Crippen LogP contribution in [-0.2, 0) is 15.1 Å². The van der Waals surface area contributed by atoms with Gasteiger partial charge >= 0.3 is 12.1 Å². The Morgan fingerprint density at radius 2 is 1.83 bits per heavy atom. The summed E-state index contributed by atoms with van der Waals surface area (Å²) in [6.45, 7) is 6.73. The number of halogens is 1. The fourth-order valence-corrected chi connectivity index (χ4v) is 2.96. The van der Waals surface area contributed by atoms with E-state index in [4.69, 9.17) is 16.3 Å². The van der Waals surface area contributed by atoms with Crippen LogP contribution < -0.4 is 5.32 Å². The van der Waals surface area contributed by atoms with E-state index in [9.17, 15) is 19.8 Å². The SMILES string of the molecule is CCC(NC(=O)OC(C)(C)C)[C@@](O)(C(=O)O)c1ccc(-c2ccnc(Cl)n2)cc1. The minimum absolute atomic E-state index is 0.0845. The van der Waals surface area contributed by atoms with E-state index in [0.29, 0.717) is 11.3 Å². The van der Waals surface area contributed by atoms with E-state index in [1.807, 2.05) is 0 Å². The number of nitrogens with zero attached hydrogens (tertiary/aromatic N) is 2. The molecule has 0 saturated carbocycles. The molecule has 8 nitrogen and oxygen atoms in total. The first kappa shape index (κ1) is 22.6. The second-order valence-corrected chi connectivity index (χ2v) is 7.80. The van der Waals surface area contributed by atoms with Gasteiger partial charge in [-0.1, -0.05) is 31.2 Å². The number of carboxylic acid groups (broad SMARTS) is 1. The van der Waals surface area contributed by atoms with Gasteiger partial charge in [-0.25, -0.2) is 19.6 Å². The minimum Gasteiger partial charge on any atom is -0.479 e. The lowest BCUT2D eigenvalue weighted by Crippen LogP contribution is -2.55. The quantitative estimate of drug-likeness (QED) is 0.611. The summed E-state index contributed by atoms with van der Waals surface area (Å²) in [5, 5.41) is 23.4. The number of carboxylic acids is 1. The van der Waals surface area contributed by atoms with Crippen LogP contribution in [0.3, 0.4) is 0 Å². The number of benzene rings is 1. The minimum atomic E-state index is -2.35. The van der Waals surface area contributed by atoms with E-state index in [1.54, 1.807) is 45.9 Å². The largest absolute Gasteiger partial charge is 0.479 e. The van der Waals surface area contributed by atoms with Gasteiger partial charge in [0, 0.05) is 11.8 Å². The molecule has 0 fully saturated rings. The molecule has 2 aromatic rings. The molecule has 1 amide bonds. The van der Waals surface area contributed by atoms with Gasteiger partial charge in [-0.05, 0) is 50.4 Å². The first-order chi connectivity index (χ1) is 13.5. The highest BCUT2D eigenvalue weighted by Gasteiger charge is 2.46. The van der Waals surface area contributed by atoms with Crippen LogP contribution in [0.2, 0.25) is 5.28 Å². The summed E-state index contributed by atoms with van der Waals surface area (Å²) in [6.07, 6.45) is 0.853. The van der Waals surface area contributed by atoms with Crippen LogP contribution in [0.4, 0.5) is 4.79 Å². The summed E-state index contributed by atoms with van der Waals surface area (Å²) < 4.78 is 5.19. The first-order valence-electron chi connectivity index (χ1n) is 9.02. The van der Waals surface area contributed by atoms with Crippen molar-refractivity contribution in [3.8, 4) is 11.3 Å². The zero-order chi connectivity index (χ0) is 21.8. The van der Waals surface area contributed by atoms with E-state index >= 15 is 0 Å². The summed E-state index contributed by atoms with van der Waals surface area (Å²) in [7, 11) is 0. The molecular formula is C20H24ClN3O5. The highest BCUT2D eigenvalue weighted by Crippen LogP contribution is 2.30. The fourth-order valence-electron chi connectivity index (χ4n) is 2.82. The predicted octanol–water partition coefficient (Wildman–Crippen LogP) is 3.37. The van der Waals surface area contributed by atoms with Crippen molar-refractivity contribution in [3.05, 3.63) is 47.4 Å². The Hall–Kier alpha value is -2.71. The summed E-state index contributed by atoms with van der Waals surface area (Å²) in [4.78, 5) is 32.1. The summed E-state index contributed by atoms with van der Waals surface area (Å²) >= 11 is 5.80. The van der Waals surface area contributed by atoms with Crippen molar-refractivity contribution in [2.24, 2.45) is 0 Å². The van der Waals surface area contributed by atoms with E-state index in [-0.39, 0.29) is 17.3 Å². The number of carbonyl (C=O) groups is 2. The second kappa shape index (κ2) is 8.75. The Morgan fingerprint density at radius 1 is 1.21 bits per heavy atom. The van der Waals surface area contributed by atoms with E-state index < -0.39 is 29.3 Å². The van der Waals surface area contributed by atoms with Crippen LogP contribution in [0.15, 0.2) is 36.5 Å². The van der Waals surface area contributed by atoms with Crippen molar-refractivity contribution in [2.45, 2.75) is 51.4 Å². The molecule has 1 aromatic heterocycles. The number of carbonyl (C=O) groups excluding carboxylic acids is 1. The average molecular weight is 422 g/mol. The van der Waals surface area contributed by atoms with Crippen molar-refractivity contribution in [1.29, 1.82) is 0 Å². The van der Waals surface area contributed by atoms with Gasteiger partial charge in [-0.3, -0.25) is 0 Å². The van der Waals surface area contributed by atoms with Crippen molar-refractivity contribution < 1.29 is 24.5 Å². The van der Waals surface area contributed by atoms with Crippen LogP contribution in [0.25, 0.3) is 11.3 Å². The standard InChI is InChI=1S/C20H24ClN3O5/c1-5-15(24-18(27)29-19(2,3)4)20(28,16(25)26)13-8-6-12(7-9-13)14-10-11-22-17(21)23-14/h6-11,15,28H,5H2,1-4H3,(H,24,27)(H,25,26)/t15?,20-/m1/s1. The Labute approximate surface area is 173 Å². The maximum atomic E-state index is 12.1. The van der Waals surface area contributed by atoms with Crippen LogP contribution in [0.5, 0.6) is 0 Å². The summed E-state index contributed by atoms with van der Waals surface area (Å²) in [5.41, 5.74) is -1.79. The number of aromatic nitrogens is 2. The normalized spacial score (nSPS) is 14.6. The predicted molar refractivity (Wildman–Crippen MR) is 107 cm³/mol. The van der Waals surface area contributed by atoms with Crippen molar-refractivity contribution in [1.82, 2.24) is 15.3 Å². The molecular weight excluding hydrogens is 398 g/mol. The number of rotatable bonds is 6. The molecule has 0 radical (unpaired) electrons. The molecule has 3 N–H and O–H groups in total. The molecule has 1 aromatic carbocycles. The molecule has 29 heavy (non-hydrogen) atoms. The molecule has 0 saturated heterocycles. The maximum Gasteiger partial charge on any atom is 0.407 e. The Bertz CT molecular complexity index is 882. The zero-order valence-electron chi connectivity index (χ0n) is 16.6. The molecule has 9 heteroatoms. The third-order valence-electron chi connectivity index (χ3n) is 4.18. The lowest BCUT2D eigenvalue weighted by atomic mass is 9.84. The van der Waals surface area contributed by atoms with E-state index in [0.717, 1.165) is 0 Å². The molecule has 0 aliphatic carbocycles. The van der Waals surface area contributed by atoms with Crippen LogP contribution in [0.1, 0.15) is 39.7 Å². The van der Waals surface area contributed by atoms with Gasteiger partial charge in [-0.2, -0.15) is 0 Å². The first-order valence-corrected chi connectivity index (χ1v) is 9.40. The number of ether oxygens (including phenoxy) is 1. The maximum absolute atomic E-state index is 12.1.